The molecule has 0 saturated heterocycles. The third-order valence-electron chi connectivity index (χ3n) is 4.51. The zero-order chi connectivity index (χ0) is 19.5. The number of nitrogens with one attached hydrogen (secondary N) is 2. The second-order valence-corrected chi connectivity index (χ2v) is 7.36. The van der Waals surface area contributed by atoms with Crippen molar-refractivity contribution in [3.63, 3.8) is 0 Å². The van der Waals surface area contributed by atoms with Crippen molar-refractivity contribution in [3.8, 4) is 0 Å². The molecule has 1 heterocycles. The molecule has 0 saturated carbocycles. The molecular weight excluding hydrogens is 368 g/mol. The summed E-state index contributed by atoms with van der Waals surface area (Å²) in [5.41, 5.74) is 3.37. The minimum atomic E-state index is -0.220. The van der Waals surface area contributed by atoms with Crippen LogP contribution in [0.5, 0.6) is 0 Å². The molecule has 0 unspecified atom stereocenters. The van der Waals surface area contributed by atoms with Gasteiger partial charge < -0.3 is 10.6 Å². The Labute approximate surface area is 166 Å². The first kappa shape index (κ1) is 17.9. The lowest BCUT2D eigenvalue weighted by atomic mass is 10.1. The number of amides is 2. The summed E-state index contributed by atoms with van der Waals surface area (Å²) in [4.78, 5) is 25.4. The molecule has 2 amide bonds. The first-order valence-electron chi connectivity index (χ1n) is 8.86. The van der Waals surface area contributed by atoms with Crippen LogP contribution in [0.25, 0.3) is 10.1 Å². The number of hydrogen-bond acceptors (Lipinski definition) is 3. The van der Waals surface area contributed by atoms with Crippen molar-refractivity contribution in [2.75, 3.05) is 10.6 Å². The molecule has 2 N–H and O–H groups in total. The van der Waals surface area contributed by atoms with E-state index in [1.807, 2.05) is 73.0 Å². The maximum atomic E-state index is 12.8. The van der Waals surface area contributed by atoms with Crippen LogP contribution in [0.15, 0.2) is 78.2 Å². The van der Waals surface area contributed by atoms with E-state index in [0.29, 0.717) is 16.8 Å². The van der Waals surface area contributed by atoms with Crippen molar-refractivity contribution in [3.05, 3.63) is 94.9 Å². The molecule has 4 rings (SSSR count). The van der Waals surface area contributed by atoms with Crippen LogP contribution in [0.2, 0.25) is 0 Å². The van der Waals surface area contributed by atoms with Crippen LogP contribution in [-0.2, 0) is 0 Å². The molecule has 0 bridgehead atoms. The smallest absolute Gasteiger partial charge is 0.257 e. The fourth-order valence-electron chi connectivity index (χ4n) is 2.97. The number of carbonyl (C=O) groups is 2. The average Bonchev–Trinajstić information content (AvgIpc) is 3.14. The Kier molecular flexibility index (Phi) is 4.91. The van der Waals surface area contributed by atoms with Crippen LogP contribution in [0.3, 0.4) is 0 Å². The maximum absolute atomic E-state index is 12.8. The van der Waals surface area contributed by atoms with Gasteiger partial charge in [-0.2, -0.15) is 0 Å². The molecule has 0 spiro atoms. The van der Waals surface area contributed by atoms with Crippen LogP contribution in [0, 0.1) is 6.92 Å². The van der Waals surface area contributed by atoms with Crippen molar-refractivity contribution < 1.29 is 9.59 Å². The van der Waals surface area contributed by atoms with Crippen LogP contribution in [0.4, 0.5) is 11.4 Å². The van der Waals surface area contributed by atoms with E-state index in [9.17, 15) is 9.59 Å². The number of para-hydroxylation sites is 1. The van der Waals surface area contributed by atoms with Gasteiger partial charge in [0.05, 0.1) is 5.56 Å². The van der Waals surface area contributed by atoms with Gasteiger partial charge in [-0.25, -0.2) is 0 Å². The molecule has 4 aromatic rings. The van der Waals surface area contributed by atoms with Crippen LogP contribution < -0.4 is 10.6 Å². The number of carbonyl (C=O) groups excluding carboxylic acids is 2. The zero-order valence-electron chi connectivity index (χ0n) is 15.2. The predicted octanol–water partition coefficient (Wildman–Crippen LogP) is 5.71. The van der Waals surface area contributed by atoms with E-state index in [-0.39, 0.29) is 11.8 Å². The second-order valence-electron chi connectivity index (χ2n) is 6.45. The first-order valence-corrected chi connectivity index (χ1v) is 9.74. The Hall–Kier alpha value is -3.44. The molecule has 5 heteroatoms. The topological polar surface area (TPSA) is 58.2 Å². The van der Waals surface area contributed by atoms with Crippen LogP contribution in [-0.4, -0.2) is 11.8 Å². The molecule has 0 aliphatic heterocycles. The fraction of sp³-hybridized carbons (Fsp3) is 0.0435. The van der Waals surface area contributed by atoms with Gasteiger partial charge in [-0.3, -0.25) is 9.59 Å². The van der Waals surface area contributed by atoms with E-state index < -0.39 is 0 Å². The second kappa shape index (κ2) is 7.66. The highest BCUT2D eigenvalue weighted by atomic mass is 32.1. The predicted molar refractivity (Wildman–Crippen MR) is 115 cm³/mol. The van der Waals surface area contributed by atoms with Gasteiger partial charge >= 0.3 is 0 Å². The van der Waals surface area contributed by atoms with E-state index in [0.717, 1.165) is 21.3 Å². The highest BCUT2D eigenvalue weighted by Crippen LogP contribution is 2.27. The Bertz CT molecular complexity index is 1170. The lowest BCUT2D eigenvalue weighted by Crippen LogP contribution is -2.15. The quantitative estimate of drug-likeness (QED) is 0.472. The number of anilines is 2. The molecule has 4 nitrogen and oxygen atoms in total. The molecule has 0 atom stereocenters. The molecule has 138 valence electrons. The summed E-state index contributed by atoms with van der Waals surface area (Å²) in [6, 6.07) is 22.4. The third-order valence-corrected chi connectivity index (χ3v) is 5.47. The molecule has 0 fully saturated rings. The molecule has 1 aromatic heterocycles. The SMILES string of the molecule is Cc1ccc(C(=O)Nc2ccccc2)cc1NC(=O)c1csc2ccccc12. The van der Waals surface area contributed by atoms with Crippen molar-refractivity contribution in [2.24, 2.45) is 0 Å². The lowest BCUT2D eigenvalue weighted by molar-refractivity contribution is 0.101. The number of benzene rings is 3. The summed E-state index contributed by atoms with van der Waals surface area (Å²) in [7, 11) is 0. The minimum absolute atomic E-state index is 0.179. The van der Waals surface area contributed by atoms with E-state index in [4.69, 9.17) is 0 Å². The molecule has 0 radical (unpaired) electrons. The Balaban J connectivity index is 1.57. The largest absolute Gasteiger partial charge is 0.322 e. The van der Waals surface area contributed by atoms with Crippen LogP contribution in [0.1, 0.15) is 26.3 Å². The summed E-state index contributed by atoms with van der Waals surface area (Å²) >= 11 is 1.54. The van der Waals surface area contributed by atoms with E-state index >= 15 is 0 Å². The van der Waals surface area contributed by atoms with Gasteiger partial charge in [0, 0.05) is 32.4 Å². The maximum Gasteiger partial charge on any atom is 0.257 e. The van der Waals surface area contributed by atoms with Gasteiger partial charge in [0.15, 0.2) is 0 Å². The summed E-state index contributed by atoms with van der Waals surface area (Å²) in [5.74, 6) is -0.399. The van der Waals surface area contributed by atoms with Gasteiger partial charge in [-0.05, 0) is 42.8 Å². The van der Waals surface area contributed by atoms with Gasteiger partial charge in [-0.15, -0.1) is 11.3 Å². The van der Waals surface area contributed by atoms with E-state index in [2.05, 4.69) is 10.6 Å². The molecular formula is C23H18N2O2S. The van der Waals surface area contributed by atoms with E-state index in [1.165, 1.54) is 0 Å². The molecule has 0 aliphatic rings. The molecule has 3 aromatic carbocycles. The number of rotatable bonds is 4. The van der Waals surface area contributed by atoms with Crippen molar-refractivity contribution in [1.29, 1.82) is 0 Å². The van der Waals surface area contributed by atoms with Gasteiger partial charge in [0.25, 0.3) is 11.8 Å². The monoisotopic (exact) mass is 386 g/mol. The summed E-state index contributed by atoms with van der Waals surface area (Å²) in [6.45, 7) is 1.90. The Morgan fingerprint density at radius 3 is 2.39 bits per heavy atom. The molecule has 28 heavy (non-hydrogen) atoms. The van der Waals surface area contributed by atoms with Gasteiger partial charge in [0.2, 0.25) is 0 Å². The van der Waals surface area contributed by atoms with Crippen molar-refractivity contribution in [1.82, 2.24) is 0 Å². The Morgan fingerprint density at radius 2 is 1.57 bits per heavy atom. The number of hydrogen-bond donors (Lipinski definition) is 2. The standard InChI is InChI=1S/C23H18N2O2S/c1-15-11-12-16(22(26)24-17-7-3-2-4-8-17)13-20(15)25-23(27)19-14-28-21-10-6-5-9-18(19)21/h2-14H,1H3,(H,24,26)(H,25,27). The highest BCUT2D eigenvalue weighted by Gasteiger charge is 2.15. The highest BCUT2D eigenvalue weighted by molar-refractivity contribution is 7.17. The molecule has 0 aliphatic carbocycles. The summed E-state index contributed by atoms with van der Waals surface area (Å²) in [6.07, 6.45) is 0. The zero-order valence-corrected chi connectivity index (χ0v) is 16.0. The van der Waals surface area contributed by atoms with Crippen molar-refractivity contribution in [2.45, 2.75) is 6.92 Å². The number of thiophene rings is 1. The van der Waals surface area contributed by atoms with Crippen molar-refractivity contribution >= 4 is 44.6 Å². The summed E-state index contributed by atoms with van der Waals surface area (Å²) < 4.78 is 1.07. The Morgan fingerprint density at radius 1 is 0.821 bits per heavy atom. The fourth-order valence-corrected chi connectivity index (χ4v) is 3.91. The van der Waals surface area contributed by atoms with Gasteiger partial charge in [0.1, 0.15) is 0 Å². The van der Waals surface area contributed by atoms with E-state index in [1.54, 1.807) is 23.5 Å². The first-order chi connectivity index (χ1) is 13.6. The number of fused-ring (bicyclic) bond motifs is 1. The number of aryl methyl sites for hydroxylation is 1. The van der Waals surface area contributed by atoms with Crippen LogP contribution >= 0.6 is 11.3 Å². The third kappa shape index (κ3) is 3.66. The summed E-state index contributed by atoms with van der Waals surface area (Å²) in [5, 5.41) is 8.61. The van der Waals surface area contributed by atoms with Gasteiger partial charge in [-0.1, -0.05) is 42.5 Å². The normalized spacial score (nSPS) is 10.6. The minimum Gasteiger partial charge on any atom is -0.322 e. The lowest BCUT2D eigenvalue weighted by Gasteiger charge is -2.11. The average molecular weight is 386 g/mol.